The summed E-state index contributed by atoms with van der Waals surface area (Å²) in [6.07, 6.45) is 1.63. The van der Waals surface area contributed by atoms with Crippen molar-refractivity contribution in [3.8, 4) is 0 Å². The van der Waals surface area contributed by atoms with E-state index in [1.165, 1.54) is 10.4 Å². The number of carbonyl (C=O) groups is 2. The highest BCUT2D eigenvalue weighted by atomic mass is 32.2. The fraction of sp³-hybridized carbons (Fsp3) is 0.417. The number of hydrogen-bond acceptors (Lipinski definition) is 5. The van der Waals surface area contributed by atoms with Crippen LogP contribution in [0.2, 0.25) is 0 Å². The van der Waals surface area contributed by atoms with E-state index in [0.717, 1.165) is 18.4 Å². The van der Waals surface area contributed by atoms with Gasteiger partial charge in [-0.2, -0.15) is 4.31 Å². The normalized spacial score (nSPS) is 15.4. The first kappa shape index (κ1) is 23.9. The van der Waals surface area contributed by atoms with Gasteiger partial charge in [-0.3, -0.25) is 4.79 Å². The quantitative estimate of drug-likeness (QED) is 0.664. The van der Waals surface area contributed by atoms with Crippen LogP contribution in [0.4, 0.5) is 5.69 Å². The van der Waals surface area contributed by atoms with Crippen molar-refractivity contribution in [2.24, 2.45) is 5.92 Å². The monoisotopic (exact) mass is 458 g/mol. The van der Waals surface area contributed by atoms with E-state index in [1.54, 1.807) is 32.0 Å². The van der Waals surface area contributed by atoms with Crippen molar-refractivity contribution in [3.05, 3.63) is 58.7 Å². The van der Waals surface area contributed by atoms with Gasteiger partial charge in [-0.05, 0) is 74.4 Å². The minimum absolute atomic E-state index is 0.112. The summed E-state index contributed by atoms with van der Waals surface area (Å²) < 4.78 is 33.2. The van der Waals surface area contributed by atoms with Crippen molar-refractivity contribution in [1.82, 2.24) is 4.31 Å². The maximum absolute atomic E-state index is 13.3. The molecule has 1 amide bonds. The lowest BCUT2D eigenvalue weighted by Gasteiger charge is -2.30. The lowest BCUT2D eigenvalue weighted by Crippen LogP contribution is -2.38. The van der Waals surface area contributed by atoms with Crippen molar-refractivity contribution in [2.75, 3.05) is 25.0 Å². The summed E-state index contributed by atoms with van der Waals surface area (Å²) in [6, 6.07) is 10.2. The Labute approximate surface area is 189 Å². The molecule has 0 radical (unpaired) electrons. The fourth-order valence-electron chi connectivity index (χ4n) is 3.69. The molecule has 3 rings (SSSR count). The van der Waals surface area contributed by atoms with Crippen LogP contribution >= 0.6 is 0 Å². The molecule has 0 unspecified atom stereocenters. The molecular weight excluding hydrogens is 428 g/mol. The molecular formula is C24H30N2O5S. The van der Waals surface area contributed by atoms with Crippen molar-refractivity contribution in [2.45, 2.75) is 45.4 Å². The second-order valence-electron chi connectivity index (χ2n) is 8.44. The molecule has 0 bridgehead atoms. The van der Waals surface area contributed by atoms with Gasteiger partial charge >= 0.3 is 5.97 Å². The molecule has 2 aromatic rings. The lowest BCUT2D eigenvalue weighted by molar-refractivity contribution is -0.119. The third kappa shape index (κ3) is 5.37. The molecule has 8 heteroatoms. The highest BCUT2D eigenvalue weighted by molar-refractivity contribution is 7.89. The van der Waals surface area contributed by atoms with Gasteiger partial charge in [0.2, 0.25) is 10.0 Å². The number of esters is 1. The Morgan fingerprint density at radius 3 is 2.38 bits per heavy atom. The molecule has 1 fully saturated rings. The number of piperidine rings is 1. The zero-order valence-electron chi connectivity index (χ0n) is 19.0. The molecule has 32 heavy (non-hydrogen) atoms. The van der Waals surface area contributed by atoms with Crippen LogP contribution in [0.5, 0.6) is 0 Å². The van der Waals surface area contributed by atoms with Crippen LogP contribution in [-0.4, -0.2) is 44.3 Å². The minimum atomic E-state index is -3.73. The molecule has 1 N–H and O–H groups in total. The zero-order valence-corrected chi connectivity index (χ0v) is 19.8. The first-order valence-electron chi connectivity index (χ1n) is 10.7. The molecule has 1 heterocycles. The van der Waals surface area contributed by atoms with E-state index in [0.29, 0.717) is 35.8 Å². The van der Waals surface area contributed by atoms with Gasteiger partial charge in [-0.25, -0.2) is 13.2 Å². The van der Waals surface area contributed by atoms with Crippen LogP contribution in [0.1, 0.15) is 46.8 Å². The van der Waals surface area contributed by atoms with Crippen LogP contribution in [0.25, 0.3) is 0 Å². The number of amides is 1. The van der Waals surface area contributed by atoms with E-state index in [9.17, 15) is 18.0 Å². The summed E-state index contributed by atoms with van der Waals surface area (Å²) in [4.78, 5) is 24.9. The Balaban J connectivity index is 1.74. The summed E-state index contributed by atoms with van der Waals surface area (Å²) in [5.41, 5.74) is 2.93. The van der Waals surface area contributed by atoms with Gasteiger partial charge in [0.25, 0.3) is 5.91 Å². The van der Waals surface area contributed by atoms with E-state index in [4.69, 9.17) is 4.74 Å². The number of ether oxygens (including phenoxy) is 1. The van der Waals surface area contributed by atoms with Gasteiger partial charge in [-0.15, -0.1) is 0 Å². The van der Waals surface area contributed by atoms with Gasteiger partial charge in [0, 0.05) is 18.8 Å². The average molecular weight is 459 g/mol. The molecule has 1 aliphatic rings. The third-order valence-electron chi connectivity index (χ3n) is 5.97. The van der Waals surface area contributed by atoms with Gasteiger partial charge < -0.3 is 10.1 Å². The standard InChI is InChI=1S/C24H30N2O5S/c1-16-9-11-26(12-10-16)32(29,30)22-14-20(13-18(3)19(22)4)24(28)31-15-23(27)25-21-8-6-5-7-17(21)2/h5-8,13-14,16H,9-12,15H2,1-4H3,(H,25,27). The number of nitrogens with one attached hydrogen (secondary N) is 1. The van der Waals surface area contributed by atoms with Crippen molar-refractivity contribution in [3.63, 3.8) is 0 Å². The number of anilines is 1. The van der Waals surface area contributed by atoms with Crippen LogP contribution in [0.3, 0.4) is 0 Å². The maximum Gasteiger partial charge on any atom is 0.338 e. The zero-order chi connectivity index (χ0) is 23.5. The van der Waals surface area contributed by atoms with Gasteiger partial charge in [0.05, 0.1) is 10.5 Å². The summed E-state index contributed by atoms with van der Waals surface area (Å²) in [7, 11) is -3.73. The fourth-order valence-corrected chi connectivity index (χ4v) is 5.48. The average Bonchev–Trinajstić information content (AvgIpc) is 2.75. The molecule has 0 spiro atoms. The van der Waals surface area contributed by atoms with E-state index < -0.39 is 28.5 Å². The van der Waals surface area contributed by atoms with Crippen molar-refractivity contribution < 1.29 is 22.7 Å². The van der Waals surface area contributed by atoms with Gasteiger partial charge in [0.15, 0.2) is 6.61 Å². The Morgan fingerprint density at radius 1 is 1.06 bits per heavy atom. The first-order valence-corrected chi connectivity index (χ1v) is 12.2. The highest BCUT2D eigenvalue weighted by Crippen LogP contribution is 2.28. The molecule has 7 nitrogen and oxygen atoms in total. The molecule has 172 valence electrons. The number of benzene rings is 2. The Morgan fingerprint density at radius 2 is 1.72 bits per heavy atom. The van der Waals surface area contributed by atoms with Crippen LogP contribution < -0.4 is 5.32 Å². The molecule has 1 saturated heterocycles. The SMILES string of the molecule is Cc1ccccc1NC(=O)COC(=O)c1cc(C)c(C)c(S(=O)(=O)N2CCC(C)CC2)c1. The second kappa shape index (κ2) is 9.83. The lowest BCUT2D eigenvalue weighted by atomic mass is 10.0. The maximum atomic E-state index is 13.3. The van der Waals surface area contributed by atoms with Crippen LogP contribution in [0, 0.1) is 26.7 Å². The van der Waals surface area contributed by atoms with Gasteiger partial charge in [0.1, 0.15) is 0 Å². The number of sulfonamides is 1. The molecule has 0 saturated carbocycles. The third-order valence-corrected chi connectivity index (χ3v) is 7.99. The smallest absolute Gasteiger partial charge is 0.338 e. The number of aryl methyl sites for hydroxylation is 2. The van der Waals surface area contributed by atoms with Crippen LogP contribution in [0.15, 0.2) is 41.3 Å². The van der Waals surface area contributed by atoms with E-state index >= 15 is 0 Å². The summed E-state index contributed by atoms with van der Waals surface area (Å²) in [5, 5.41) is 2.70. The summed E-state index contributed by atoms with van der Waals surface area (Å²) in [5.74, 6) is -0.708. The van der Waals surface area contributed by atoms with Crippen molar-refractivity contribution >= 4 is 27.6 Å². The predicted molar refractivity (Wildman–Crippen MR) is 123 cm³/mol. The minimum Gasteiger partial charge on any atom is -0.452 e. The van der Waals surface area contributed by atoms with E-state index in [-0.39, 0.29) is 10.5 Å². The van der Waals surface area contributed by atoms with Gasteiger partial charge in [-0.1, -0.05) is 25.1 Å². The van der Waals surface area contributed by atoms with Crippen LogP contribution in [-0.2, 0) is 19.6 Å². The Kier molecular flexibility index (Phi) is 7.36. The number of nitrogens with zero attached hydrogens (tertiary/aromatic N) is 1. The first-order chi connectivity index (χ1) is 15.1. The topological polar surface area (TPSA) is 92.8 Å². The second-order valence-corrected chi connectivity index (χ2v) is 10.3. The summed E-state index contributed by atoms with van der Waals surface area (Å²) >= 11 is 0. The Bertz CT molecular complexity index is 1120. The number of para-hydroxylation sites is 1. The largest absolute Gasteiger partial charge is 0.452 e. The molecule has 1 aliphatic heterocycles. The number of rotatable bonds is 6. The molecule has 0 aliphatic carbocycles. The molecule has 2 aromatic carbocycles. The Hall–Kier alpha value is -2.71. The molecule has 0 aromatic heterocycles. The predicted octanol–water partition coefficient (Wildman–Crippen LogP) is 3.83. The van der Waals surface area contributed by atoms with E-state index in [1.807, 2.05) is 19.1 Å². The highest BCUT2D eigenvalue weighted by Gasteiger charge is 2.30. The van der Waals surface area contributed by atoms with E-state index in [2.05, 4.69) is 12.2 Å². The molecule has 0 atom stereocenters. The number of carbonyl (C=O) groups excluding carboxylic acids is 2. The summed E-state index contributed by atoms with van der Waals surface area (Å²) in [6.45, 7) is 7.94. The van der Waals surface area contributed by atoms with Crippen molar-refractivity contribution in [1.29, 1.82) is 0 Å². The number of hydrogen-bond donors (Lipinski definition) is 1.